The number of rotatable bonds is 4. The second-order valence-corrected chi connectivity index (χ2v) is 2.99. The van der Waals surface area contributed by atoms with Gasteiger partial charge in [-0.3, -0.25) is 10.1 Å². The zero-order chi connectivity index (χ0) is 9.07. The Hall–Kier alpha value is -0.680. The van der Waals surface area contributed by atoms with Gasteiger partial charge >= 0.3 is 0 Å². The zero-order valence-electron chi connectivity index (χ0n) is 6.65. The van der Waals surface area contributed by atoms with E-state index < -0.39 is 23.2 Å². The molecule has 0 saturated heterocycles. The van der Waals surface area contributed by atoms with E-state index >= 15 is 0 Å². The van der Waals surface area contributed by atoms with Crippen LogP contribution in [0, 0.1) is 10.1 Å². The third-order valence-electron chi connectivity index (χ3n) is 1.44. The van der Waals surface area contributed by atoms with Crippen LogP contribution in [0.3, 0.4) is 0 Å². The number of aliphatic hydroxyl groups is 2. The van der Waals surface area contributed by atoms with E-state index in [4.69, 9.17) is 5.11 Å². The van der Waals surface area contributed by atoms with E-state index in [2.05, 4.69) is 0 Å². The summed E-state index contributed by atoms with van der Waals surface area (Å²) in [7, 11) is 0. The lowest BCUT2D eigenvalue weighted by molar-refractivity contribution is -0.522. The molecule has 0 aromatic heterocycles. The van der Waals surface area contributed by atoms with Crippen LogP contribution in [-0.4, -0.2) is 33.4 Å². The SMILES string of the molecule is CC(CC(C)(O)CO)[N+](=O)[O-]. The summed E-state index contributed by atoms with van der Waals surface area (Å²) in [5.41, 5.74) is -1.34. The fraction of sp³-hybridized carbons (Fsp3) is 1.00. The van der Waals surface area contributed by atoms with E-state index in [-0.39, 0.29) is 6.42 Å². The van der Waals surface area contributed by atoms with Crippen molar-refractivity contribution in [3.05, 3.63) is 10.1 Å². The van der Waals surface area contributed by atoms with Crippen LogP contribution >= 0.6 is 0 Å². The normalized spacial score (nSPS) is 18.9. The van der Waals surface area contributed by atoms with E-state index in [1.807, 2.05) is 0 Å². The minimum atomic E-state index is -1.34. The Morgan fingerprint density at radius 2 is 2.18 bits per heavy atom. The van der Waals surface area contributed by atoms with Gasteiger partial charge in [0.15, 0.2) is 0 Å². The molecule has 0 aromatic carbocycles. The molecule has 66 valence electrons. The zero-order valence-corrected chi connectivity index (χ0v) is 6.65. The molecule has 0 aliphatic heterocycles. The molecular weight excluding hydrogens is 150 g/mol. The first-order valence-corrected chi connectivity index (χ1v) is 3.36. The van der Waals surface area contributed by atoms with Gasteiger partial charge in [-0.15, -0.1) is 0 Å². The Labute approximate surface area is 64.8 Å². The topological polar surface area (TPSA) is 83.6 Å². The Morgan fingerprint density at radius 1 is 1.73 bits per heavy atom. The van der Waals surface area contributed by atoms with Crippen molar-refractivity contribution < 1.29 is 15.1 Å². The van der Waals surface area contributed by atoms with E-state index in [9.17, 15) is 15.2 Å². The van der Waals surface area contributed by atoms with Crippen molar-refractivity contribution in [3.8, 4) is 0 Å². The fourth-order valence-electron chi connectivity index (χ4n) is 0.775. The van der Waals surface area contributed by atoms with Crippen LogP contribution in [0.5, 0.6) is 0 Å². The summed E-state index contributed by atoms with van der Waals surface area (Å²) in [4.78, 5) is 9.62. The molecule has 11 heavy (non-hydrogen) atoms. The second kappa shape index (κ2) is 3.64. The lowest BCUT2D eigenvalue weighted by Crippen LogP contribution is -2.35. The highest BCUT2D eigenvalue weighted by Crippen LogP contribution is 2.12. The average Bonchev–Trinajstić information content (AvgIpc) is 1.87. The quantitative estimate of drug-likeness (QED) is 0.443. The molecule has 0 saturated carbocycles. The van der Waals surface area contributed by atoms with Gasteiger partial charge in [-0.2, -0.15) is 0 Å². The minimum absolute atomic E-state index is 0.0312. The molecule has 0 aliphatic carbocycles. The lowest BCUT2D eigenvalue weighted by atomic mass is 9.99. The molecule has 5 nitrogen and oxygen atoms in total. The smallest absolute Gasteiger partial charge is 0.213 e. The second-order valence-electron chi connectivity index (χ2n) is 2.99. The molecule has 2 N–H and O–H groups in total. The molecule has 0 rings (SSSR count). The van der Waals surface area contributed by atoms with Gasteiger partial charge < -0.3 is 10.2 Å². The monoisotopic (exact) mass is 163 g/mol. The van der Waals surface area contributed by atoms with Gasteiger partial charge in [0.1, 0.15) is 0 Å². The van der Waals surface area contributed by atoms with Gasteiger partial charge in [0.2, 0.25) is 6.04 Å². The van der Waals surface area contributed by atoms with Gasteiger partial charge in [-0.25, -0.2) is 0 Å². The summed E-state index contributed by atoms with van der Waals surface area (Å²) in [6, 6.07) is -0.822. The van der Waals surface area contributed by atoms with Crippen LogP contribution in [0.15, 0.2) is 0 Å². The number of nitrogens with zero attached hydrogens (tertiary/aromatic N) is 1. The Morgan fingerprint density at radius 3 is 2.45 bits per heavy atom. The van der Waals surface area contributed by atoms with Crippen LogP contribution in [0.25, 0.3) is 0 Å². The van der Waals surface area contributed by atoms with Crippen molar-refractivity contribution >= 4 is 0 Å². The molecule has 2 unspecified atom stereocenters. The molecule has 0 heterocycles. The predicted octanol–water partition coefficient (Wildman–Crippen LogP) is -0.215. The summed E-state index contributed by atoms with van der Waals surface area (Å²) < 4.78 is 0. The molecule has 0 bridgehead atoms. The standard InChI is InChI=1S/C6H13NO4/c1-5(7(10)11)3-6(2,9)4-8/h5,8-9H,3-4H2,1-2H3. The first-order chi connectivity index (χ1) is 4.89. The van der Waals surface area contributed by atoms with Crippen LogP contribution in [-0.2, 0) is 0 Å². The predicted molar refractivity (Wildman–Crippen MR) is 38.8 cm³/mol. The highest BCUT2D eigenvalue weighted by Gasteiger charge is 2.27. The van der Waals surface area contributed by atoms with Crippen LogP contribution in [0.2, 0.25) is 0 Å². The van der Waals surface area contributed by atoms with Crippen molar-refractivity contribution in [1.29, 1.82) is 0 Å². The number of nitro groups is 1. The largest absolute Gasteiger partial charge is 0.393 e. The fourth-order valence-corrected chi connectivity index (χ4v) is 0.775. The molecule has 0 aromatic rings. The van der Waals surface area contributed by atoms with E-state index in [0.29, 0.717) is 0 Å². The van der Waals surface area contributed by atoms with E-state index in [1.54, 1.807) is 0 Å². The van der Waals surface area contributed by atoms with Crippen molar-refractivity contribution in [2.45, 2.75) is 31.9 Å². The highest BCUT2D eigenvalue weighted by molar-refractivity contribution is 4.73. The third-order valence-corrected chi connectivity index (χ3v) is 1.44. The van der Waals surface area contributed by atoms with Gasteiger partial charge in [-0.1, -0.05) is 0 Å². The minimum Gasteiger partial charge on any atom is -0.393 e. The van der Waals surface area contributed by atoms with Gasteiger partial charge in [0, 0.05) is 18.3 Å². The molecule has 0 radical (unpaired) electrons. The van der Waals surface area contributed by atoms with Crippen LogP contribution in [0.4, 0.5) is 0 Å². The molecule has 0 fully saturated rings. The lowest BCUT2D eigenvalue weighted by Gasteiger charge is -2.20. The van der Waals surface area contributed by atoms with E-state index in [1.165, 1.54) is 13.8 Å². The number of hydrogen-bond acceptors (Lipinski definition) is 4. The molecular formula is C6H13NO4. The van der Waals surface area contributed by atoms with Crippen LogP contribution < -0.4 is 0 Å². The molecule has 0 aliphatic rings. The van der Waals surface area contributed by atoms with Crippen molar-refractivity contribution in [3.63, 3.8) is 0 Å². The van der Waals surface area contributed by atoms with E-state index in [0.717, 1.165) is 0 Å². The molecule has 5 heteroatoms. The third kappa shape index (κ3) is 3.90. The summed E-state index contributed by atoms with van der Waals surface area (Å²) in [6.07, 6.45) is -0.0312. The van der Waals surface area contributed by atoms with Crippen molar-refractivity contribution in [1.82, 2.24) is 0 Å². The maximum absolute atomic E-state index is 10.1. The number of hydrogen-bond donors (Lipinski definition) is 2. The van der Waals surface area contributed by atoms with Gasteiger partial charge in [0.05, 0.1) is 12.2 Å². The Kier molecular flexibility index (Phi) is 3.41. The highest BCUT2D eigenvalue weighted by atomic mass is 16.6. The molecule has 0 amide bonds. The van der Waals surface area contributed by atoms with Crippen molar-refractivity contribution in [2.24, 2.45) is 0 Å². The van der Waals surface area contributed by atoms with Gasteiger partial charge in [-0.05, 0) is 6.92 Å². The molecule has 2 atom stereocenters. The molecule has 0 spiro atoms. The first kappa shape index (κ1) is 10.3. The maximum atomic E-state index is 10.1. The van der Waals surface area contributed by atoms with Crippen molar-refractivity contribution in [2.75, 3.05) is 6.61 Å². The Balaban J connectivity index is 3.93. The number of aliphatic hydroxyl groups excluding tert-OH is 1. The maximum Gasteiger partial charge on any atom is 0.213 e. The van der Waals surface area contributed by atoms with Crippen LogP contribution in [0.1, 0.15) is 20.3 Å². The average molecular weight is 163 g/mol. The summed E-state index contributed by atoms with van der Waals surface area (Å²) in [5, 5.41) is 27.8. The first-order valence-electron chi connectivity index (χ1n) is 3.36. The van der Waals surface area contributed by atoms with Gasteiger partial charge in [0.25, 0.3) is 0 Å². The summed E-state index contributed by atoms with van der Waals surface area (Å²) in [6.45, 7) is 2.31. The summed E-state index contributed by atoms with van der Waals surface area (Å²) >= 11 is 0. The Bertz CT molecular complexity index is 146. The summed E-state index contributed by atoms with van der Waals surface area (Å²) in [5.74, 6) is 0.